The van der Waals surface area contributed by atoms with Crippen molar-refractivity contribution in [2.75, 3.05) is 37.4 Å². The molecule has 1 rings (SSSR count). The zero-order valence-electron chi connectivity index (χ0n) is 11.1. The number of nitrogens with zero attached hydrogens (tertiary/aromatic N) is 1. The lowest BCUT2D eigenvalue weighted by Crippen LogP contribution is -2.27. The molecule has 1 aromatic rings. The largest absolute Gasteiger partial charge is 0.382 e. The van der Waals surface area contributed by atoms with Crippen molar-refractivity contribution in [3.63, 3.8) is 0 Å². The molecule has 0 aromatic carbocycles. The first kappa shape index (κ1) is 16.6. The number of anilines is 2. The Balaban J connectivity index is 2.37. The lowest BCUT2D eigenvalue weighted by atomic mass is 10.4. The maximum atomic E-state index is 11.8. The molecule has 0 unspecified atom stereocenters. The van der Waals surface area contributed by atoms with Crippen LogP contribution in [0.4, 0.5) is 19.7 Å². The molecular weight excluding hydrogens is 290 g/mol. The van der Waals surface area contributed by atoms with Crippen molar-refractivity contribution in [3.05, 3.63) is 4.88 Å². The second kappa shape index (κ2) is 8.64. The molecule has 0 fully saturated rings. The molecule has 6 nitrogen and oxygen atoms in total. The molecule has 0 radical (unpaired) electrons. The molecule has 0 aliphatic rings. The summed E-state index contributed by atoms with van der Waals surface area (Å²) >= 11 is 1.16. The minimum absolute atomic E-state index is 0.0235. The molecule has 0 saturated carbocycles. The van der Waals surface area contributed by atoms with Crippen LogP contribution in [-0.4, -0.2) is 43.6 Å². The lowest BCUT2D eigenvalue weighted by Gasteiger charge is -2.05. The van der Waals surface area contributed by atoms with Gasteiger partial charge in [-0.1, -0.05) is 18.3 Å². The number of carbonyl (C=O) groups is 1. The zero-order chi connectivity index (χ0) is 15.0. The van der Waals surface area contributed by atoms with Crippen LogP contribution in [0, 0.1) is 0 Å². The van der Waals surface area contributed by atoms with Crippen LogP contribution in [0.1, 0.15) is 23.0 Å². The number of ether oxygens (including phenoxy) is 1. The quantitative estimate of drug-likeness (QED) is 0.602. The van der Waals surface area contributed by atoms with Crippen LogP contribution in [0.15, 0.2) is 0 Å². The van der Waals surface area contributed by atoms with E-state index in [4.69, 9.17) is 5.73 Å². The molecule has 0 aliphatic heterocycles. The molecule has 0 atom stereocenters. The van der Waals surface area contributed by atoms with E-state index in [0.717, 1.165) is 24.3 Å². The van der Waals surface area contributed by atoms with Crippen LogP contribution in [0.3, 0.4) is 0 Å². The molecule has 9 heteroatoms. The van der Waals surface area contributed by atoms with Gasteiger partial charge in [0.25, 0.3) is 12.3 Å². The SMILES string of the molecule is CCCNc1nc(N)c(C(=O)NCCOCC(F)F)s1. The Morgan fingerprint density at radius 1 is 1.50 bits per heavy atom. The predicted octanol–water partition coefficient (Wildman–Crippen LogP) is 1.56. The Morgan fingerprint density at radius 2 is 2.25 bits per heavy atom. The van der Waals surface area contributed by atoms with Crippen LogP contribution >= 0.6 is 11.3 Å². The number of carbonyl (C=O) groups excluding carboxylic acids is 1. The Morgan fingerprint density at radius 3 is 2.90 bits per heavy atom. The maximum Gasteiger partial charge on any atom is 0.265 e. The monoisotopic (exact) mass is 308 g/mol. The van der Waals surface area contributed by atoms with Crippen LogP contribution in [0.5, 0.6) is 0 Å². The highest BCUT2D eigenvalue weighted by Gasteiger charge is 2.15. The first-order valence-electron chi connectivity index (χ1n) is 6.18. The average molecular weight is 308 g/mol. The molecular formula is C11H18F2N4O2S. The zero-order valence-corrected chi connectivity index (χ0v) is 11.9. The number of nitrogens with two attached hydrogens (primary N) is 1. The highest BCUT2D eigenvalue weighted by Crippen LogP contribution is 2.24. The summed E-state index contributed by atoms with van der Waals surface area (Å²) in [4.78, 5) is 16.1. The molecule has 0 spiro atoms. The third kappa shape index (κ3) is 5.66. The maximum absolute atomic E-state index is 11.8. The van der Waals surface area contributed by atoms with Gasteiger partial charge in [-0.2, -0.15) is 0 Å². The number of nitrogen functional groups attached to an aromatic ring is 1. The highest BCUT2D eigenvalue weighted by atomic mass is 32.1. The summed E-state index contributed by atoms with van der Waals surface area (Å²) in [6.45, 7) is 2.28. The van der Waals surface area contributed by atoms with E-state index in [1.807, 2.05) is 6.92 Å². The van der Waals surface area contributed by atoms with E-state index < -0.39 is 13.0 Å². The summed E-state index contributed by atoms with van der Waals surface area (Å²) in [6, 6.07) is 0. The van der Waals surface area contributed by atoms with Gasteiger partial charge in [0.1, 0.15) is 17.3 Å². The number of aromatic nitrogens is 1. The third-order valence-electron chi connectivity index (χ3n) is 2.16. The first-order chi connectivity index (χ1) is 9.54. The Labute approximate surface area is 119 Å². The number of rotatable bonds is 9. The topological polar surface area (TPSA) is 89.3 Å². The Hall–Kier alpha value is -1.48. The second-order valence-corrected chi connectivity index (χ2v) is 4.88. The van der Waals surface area contributed by atoms with Crippen LogP contribution in [0.25, 0.3) is 0 Å². The molecule has 1 aromatic heterocycles. The predicted molar refractivity (Wildman–Crippen MR) is 74.5 cm³/mol. The van der Waals surface area contributed by atoms with Crippen molar-refractivity contribution in [1.82, 2.24) is 10.3 Å². The number of amides is 1. The van der Waals surface area contributed by atoms with Gasteiger partial charge in [0.2, 0.25) is 0 Å². The number of thiazole rings is 1. The van der Waals surface area contributed by atoms with Gasteiger partial charge in [-0.15, -0.1) is 0 Å². The summed E-state index contributed by atoms with van der Waals surface area (Å²) in [7, 11) is 0. The summed E-state index contributed by atoms with van der Waals surface area (Å²) in [5.74, 6) is -0.232. The van der Waals surface area contributed by atoms with Crippen molar-refractivity contribution in [2.45, 2.75) is 19.8 Å². The number of nitrogens with one attached hydrogen (secondary N) is 2. The van der Waals surface area contributed by atoms with Crippen LogP contribution < -0.4 is 16.4 Å². The minimum atomic E-state index is -2.50. The molecule has 0 aliphatic carbocycles. The standard InChI is InChI=1S/C11H18F2N4O2S/c1-2-3-16-11-17-9(14)8(20-11)10(18)15-4-5-19-6-7(12)13/h7H,2-6,14H2,1H3,(H,15,18)(H,16,17). The highest BCUT2D eigenvalue weighted by molar-refractivity contribution is 7.18. The van der Waals surface area contributed by atoms with Gasteiger partial charge >= 0.3 is 0 Å². The number of alkyl halides is 2. The molecule has 114 valence electrons. The fourth-order valence-electron chi connectivity index (χ4n) is 1.29. The third-order valence-corrected chi connectivity index (χ3v) is 3.19. The van der Waals surface area contributed by atoms with Crippen LogP contribution in [0.2, 0.25) is 0 Å². The lowest BCUT2D eigenvalue weighted by molar-refractivity contribution is 0.0188. The fourth-order valence-corrected chi connectivity index (χ4v) is 2.12. The molecule has 1 amide bonds. The van der Waals surface area contributed by atoms with Crippen molar-refractivity contribution >= 4 is 28.2 Å². The summed E-state index contributed by atoms with van der Waals surface area (Å²) < 4.78 is 28.3. The van der Waals surface area contributed by atoms with Gasteiger partial charge in [-0.3, -0.25) is 4.79 Å². The van der Waals surface area contributed by atoms with Gasteiger partial charge in [0, 0.05) is 13.1 Å². The van der Waals surface area contributed by atoms with Crippen molar-refractivity contribution in [1.29, 1.82) is 0 Å². The van der Waals surface area contributed by atoms with E-state index in [1.165, 1.54) is 0 Å². The Kier molecular flexibility index (Phi) is 7.16. The average Bonchev–Trinajstić information content (AvgIpc) is 2.76. The van der Waals surface area contributed by atoms with E-state index in [9.17, 15) is 13.6 Å². The van der Waals surface area contributed by atoms with Gasteiger partial charge in [-0.25, -0.2) is 13.8 Å². The van der Waals surface area contributed by atoms with Crippen molar-refractivity contribution in [3.8, 4) is 0 Å². The number of halogens is 2. The molecule has 20 heavy (non-hydrogen) atoms. The molecule has 4 N–H and O–H groups in total. The number of hydrogen-bond acceptors (Lipinski definition) is 6. The Bertz CT molecular complexity index is 429. The van der Waals surface area contributed by atoms with E-state index in [1.54, 1.807) is 0 Å². The van der Waals surface area contributed by atoms with E-state index in [-0.39, 0.29) is 24.9 Å². The van der Waals surface area contributed by atoms with E-state index in [0.29, 0.717) is 10.0 Å². The molecule has 0 bridgehead atoms. The van der Waals surface area contributed by atoms with Gasteiger partial charge in [0.15, 0.2) is 5.13 Å². The normalized spacial score (nSPS) is 10.8. The smallest absolute Gasteiger partial charge is 0.265 e. The number of hydrogen-bond donors (Lipinski definition) is 3. The molecule has 1 heterocycles. The summed E-state index contributed by atoms with van der Waals surface area (Å²) in [5, 5.41) is 6.16. The van der Waals surface area contributed by atoms with E-state index >= 15 is 0 Å². The summed E-state index contributed by atoms with van der Waals surface area (Å²) in [6.07, 6.45) is -1.57. The second-order valence-electron chi connectivity index (χ2n) is 3.88. The van der Waals surface area contributed by atoms with Crippen molar-refractivity contribution in [2.24, 2.45) is 0 Å². The van der Waals surface area contributed by atoms with Crippen molar-refractivity contribution < 1.29 is 18.3 Å². The van der Waals surface area contributed by atoms with Crippen LogP contribution in [-0.2, 0) is 4.74 Å². The summed E-state index contributed by atoms with van der Waals surface area (Å²) in [5.41, 5.74) is 5.65. The minimum Gasteiger partial charge on any atom is -0.382 e. The van der Waals surface area contributed by atoms with Gasteiger partial charge in [-0.05, 0) is 6.42 Å². The molecule has 0 saturated heterocycles. The van der Waals surface area contributed by atoms with E-state index in [2.05, 4.69) is 20.4 Å². The van der Waals surface area contributed by atoms with Gasteiger partial charge < -0.3 is 21.1 Å². The van der Waals surface area contributed by atoms with Gasteiger partial charge in [0.05, 0.1) is 6.61 Å². The first-order valence-corrected chi connectivity index (χ1v) is 7.00. The fraction of sp³-hybridized carbons (Fsp3) is 0.636.